The monoisotopic (exact) mass is 1180 g/mol. The summed E-state index contributed by atoms with van der Waals surface area (Å²) >= 11 is 0. The molecule has 0 spiro atoms. The lowest BCUT2D eigenvalue weighted by Crippen LogP contribution is -2.17. The van der Waals surface area contributed by atoms with Crippen molar-refractivity contribution < 1.29 is 0 Å². The van der Waals surface area contributed by atoms with Gasteiger partial charge in [0.1, 0.15) is 0 Å². The minimum absolute atomic E-state index is 0.115. The molecule has 2 aliphatic rings. The zero-order valence-corrected chi connectivity index (χ0v) is 59.0. The lowest BCUT2D eigenvalue weighted by Gasteiger charge is -2.30. The topological polar surface area (TPSA) is 0 Å². The third kappa shape index (κ3) is 10.1. The molecule has 11 aromatic rings. The molecule has 0 heteroatoms. The zero-order chi connectivity index (χ0) is 64.9. The Kier molecular flexibility index (Phi) is 13.6. The summed E-state index contributed by atoms with van der Waals surface area (Å²) in [6.45, 7) is 57.5. The Balaban J connectivity index is 1.39. The van der Waals surface area contributed by atoms with Crippen molar-refractivity contribution in [1.29, 1.82) is 0 Å². The van der Waals surface area contributed by atoms with Gasteiger partial charge in [-0.1, -0.05) is 312 Å². The van der Waals surface area contributed by atoms with Gasteiger partial charge in [-0.15, -0.1) is 0 Å². The number of hydrogen-bond donors (Lipinski definition) is 0. The van der Waals surface area contributed by atoms with Gasteiger partial charge in [-0.25, -0.2) is 0 Å². The van der Waals surface area contributed by atoms with Gasteiger partial charge in [0.25, 0.3) is 0 Å². The molecular weight excluding hydrogens is 1080 g/mol. The Hall–Kier alpha value is -7.54. The fourth-order valence-corrected chi connectivity index (χ4v) is 14.8. The molecular formula is C90H98. The van der Waals surface area contributed by atoms with Crippen LogP contribution in [0.3, 0.4) is 0 Å². The van der Waals surface area contributed by atoms with Crippen molar-refractivity contribution in [3.05, 3.63) is 202 Å². The molecule has 0 unspecified atom stereocenters. The number of hydrogen-bond acceptors (Lipinski definition) is 0. The van der Waals surface area contributed by atoms with Gasteiger partial charge in [0.2, 0.25) is 0 Å². The summed E-state index contributed by atoms with van der Waals surface area (Å²) in [5.74, 6) is 0. The zero-order valence-electron chi connectivity index (χ0n) is 59.0. The van der Waals surface area contributed by atoms with Crippen molar-refractivity contribution in [1.82, 2.24) is 0 Å². The molecule has 0 amide bonds. The normalized spacial score (nSPS) is 13.8. The molecule has 0 aliphatic heterocycles. The van der Waals surface area contributed by atoms with Gasteiger partial charge < -0.3 is 0 Å². The molecule has 2 aliphatic carbocycles. The van der Waals surface area contributed by atoms with Crippen LogP contribution in [0, 0.1) is 0 Å². The second kappa shape index (κ2) is 20.0. The number of fused-ring (bicyclic) bond motifs is 8. The van der Waals surface area contributed by atoms with Gasteiger partial charge in [-0.2, -0.15) is 0 Å². The minimum atomic E-state index is -0.115. The van der Waals surface area contributed by atoms with Crippen molar-refractivity contribution in [3.63, 3.8) is 0 Å². The first-order valence-electron chi connectivity index (χ1n) is 33.6. The van der Waals surface area contributed by atoms with E-state index in [1.807, 2.05) is 0 Å². The molecule has 13 rings (SSSR count). The van der Waals surface area contributed by atoms with Crippen molar-refractivity contribution in [2.75, 3.05) is 0 Å². The maximum absolute atomic E-state index is 2.74. The largest absolute Gasteiger partial charge is 0.0610 e. The highest BCUT2D eigenvalue weighted by atomic mass is 14.4. The van der Waals surface area contributed by atoms with E-state index in [4.69, 9.17) is 0 Å². The van der Waals surface area contributed by atoms with Crippen molar-refractivity contribution in [2.45, 2.75) is 209 Å². The van der Waals surface area contributed by atoms with Crippen LogP contribution in [0.2, 0.25) is 0 Å². The highest BCUT2D eigenvalue weighted by Crippen LogP contribution is 2.63. The summed E-state index contributed by atoms with van der Waals surface area (Å²) in [7, 11) is 0. The average molecular weight is 1180 g/mol. The van der Waals surface area contributed by atoms with Gasteiger partial charge in [0, 0.05) is 0 Å². The highest BCUT2D eigenvalue weighted by Gasteiger charge is 2.38. The van der Waals surface area contributed by atoms with Crippen LogP contribution >= 0.6 is 0 Å². The van der Waals surface area contributed by atoms with Crippen LogP contribution in [0.25, 0.3) is 132 Å². The molecule has 0 saturated heterocycles. The lowest BCUT2D eigenvalue weighted by atomic mass is 9.73. The van der Waals surface area contributed by atoms with Gasteiger partial charge in [0.15, 0.2) is 0 Å². The molecule has 0 heterocycles. The molecule has 458 valence electrons. The van der Waals surface area contributed by atoms with Crippen LogP contribution in [0.15, 0.2) is 158 Å². The lowest BCUT2D eigenvalue weighted by molar-refractivity contribution is 0.568. The number of rotatable bonds is 4. The Morgan fingerprint density at radius 2 is 0.344 bits per heavy atom. The first-order valence-corrected chi connectivity index (χ1v) is 33.6. The molecule has 0 atom stereocenters. The van der Waals surface area contributed by atoms with E-state index in [9.17, 15) is 0 Å². The fraction of sp³-hybridized carbons (Fsp3) is 0.356. The quantitative estimate of drug-likeness (QED) is 0.154. The Morgan fingerprint density at radius 3 is 0.500 bits per heavy atom. The van der Waals surface area contributed by atoms with E-state index in [0.717, 1.165) is 0 Å². The van der Waals surface area contributed by atoms with E-state index in [-0.39, 0.29) is 43.3 Å². The fourth-order valence-electron chi connectivity index (χ4n) is 14.8. The van der Waals surface area contributed by atoms with Crippen LogP contribution in [0.5, 0.6) is 0 Å². The third-order valence-electron chi connectivity index (χ3n) is 20.4. The van der Waals surface area contributed by atoms with Gasteiger partial charge in [-0.3, -0.25) is 0 Å². The van der Waals surface area contributed by atoms with Crippen molar-refractivity contribution >= 4 is 43.1 Å². The Bertz CT molecular complexity index is 4110. The highest BCUT2D eigenvalue weighted by molar-refractivity contribution is 6.33. The van der Waals surface area contributed by atoms with E-state index in [1.54, 1.807) is 0 Å². The van der Waals surface area contributed by atoms with E-state index < -0.39 is 0 Å². The number of benzene rings is 11. The molecule has 0 radical (unpaired) electrons. The minimum Gasteiger partial charge on any atom is -0.0610 e. The van der Waals surface area contributed by atoms with Crippen LogP contribution in [-0.4, -0.2) is 0 Å². The maximum atomic E-state index is 2.74. The van der Waals surface area contributed by atoms with E-state index in [2.05, 4.69) is 324 Å². The van der Waals surface area contributed by atoms with Crippen LogP contribution in [0.4, 0.5) is 0 Å². The molecule has 0 bridgehead atoms. The predicted molar refractivity (Wildman–Crippen MR) is 397 cm³/mol. The Morgan fingerprint density at radius 1 is 0.178 bits per heavy atom. The van der Waals surface area contributed by atoms with E-state index in [0.29, 0.717) is 0 Å². The van der Waals surface area contributed by atoms with Crippen LogP contribution in [0.1, 0.15) is 211 Å². The summed E-state index contributed by atoms with van der Waals surface area (Å²) in [5.41, 5.74) is 30.9. The molecule has 0 saturated carbocycles. The van der Waals surface area contributed by atoms with Gasteiger partial charge in [-0.05, 0) is 232 Å². The van der Waals surface area contributed by atoms with Crippen molar-refractivity contribution in [2.24, 2.45) is 0 Å². The molecule has 90 heavy (non-hydrogen) atoms. The summed E-state index contributed by atoms with van der Waals surface area (Å²) < 4.78 is 0. The van der Waals surface area contributed by atoms with Gasteiger partial charge in [0.05, 0.1) is 0 Å². The maximum Gasteiger partial charge on any atom is -0.000741 e. The second-order valence-corrected chi connectivity index (χ2v) is 35.6. The first kappa shape index (κ1) is 61.3. The molecule has 0 nitrogen and oxygen atoms in total. The first-order chi connectivity index (χ1) is 41.7. The smallest absolute Gasteiger partial charge is 0.000741 e. The summed E-state index contributed by atoms with van der Waals surface area (Å²) in [6.07, 6.45) is 0. The summed E-state index contributed by atoms with van der Waals surface area (Å²) in [6, 6.07) is 64.5. The summed E-state index contributed by atoms with van der Waals surface area (Å²) in [4.78, 5) is 0. The third-order valence-corrected chi connectivity index (χ3v) is 20.4. The predicted octanol–water partition coefficient (Wildman–Crippen LogP) is 26.6. The van der Waals surface area contributed by atoms with Crippen LogP contribution in [-0.2, 0) is 43.3 Å². The average Bonchev–Trinajstić information content (AvgIpc) is 1.50. The molecule has 0 fully saturated rings. The summed E-state index contributed by atoms with van der Waals surface area (Å²) in [5, 5.41) is 10.4. The van der Waals surface area contributed by atoms with Crippen molar-refractivity contribution in [3.8, 4) is 89.0 Å². The van der Waals surface area contributed by atoms with Gasteiger partial charge >= 0.3 is 0 Å². The standard InChI is InChI=1S/C90H98/c1-83(2,3)57-37-53(38-58(45-57)84(4,5)6)75-69-49-71-72(50-70(69)76(54-39-59(85(7,8)9)46-60(40-54)86(10,11)12)80-66-34-26-30-51-29-25-33-65(73(51)66)79(75)80)78(56-43-63(89(19,20)21)48-64(44-56)90(22,23)24)82-68-36-28-32-52-31-27-35-67(74(52)68)81(82)77(71)55-41-61(87(13,14)15)47-62(42-55)88(16,17)18/h25-50H,1-24H3. The molecule has 11 aromatic carbocycles. The molecule has 0 N–H and O–H groups in total. The van der Waals surface area contributed by atoms with E-state index >= 15 is 0 Å². The SMILES string of the molecule is CC(C)(C)c1cc(-c2c3c(c(-c4cc(C(C)(C)C)cc(C(C)(C)C)c4)c4cc5c(-c6cc(C(C)(C)C)cc(C(C)(C)C)c6)c6c(c(-c7cc(C(C)(C)C)cc(C(C)(C)C)c7)c5cc24)-c2cccc4cccc-6c24)-c2cccc4cccc-3c24)cc(C(C)(C)C)c1. The van der Waals surface area contributed by atoms with E-state index in [1.165, 1.54) is 177 Å². The second-order valence-electron chi connectivity index (χ2n) is 35.6. The molecule has 0 aromatic heterocycles. The Labute approximate surface area is 540 Å². The van der Waals surface area contributed by atoms with Crippen LogP contribution < -0.4 is 0 Å².